The summed E-state index contributed by atoms with van der Waals surface area (Å²) >= 11 is 0. The van der Waals surface area contributed by atoms with Gasteiger partial charge in [-0.3, -0.25) is 0 Å². The van der Waals surface area contributed by atoms with Crippen molar-refractivity contribution in [3.05, 3.63) is 162 Å². The molecule has 7 aromatic rings. The minimum absolute atomic E-state index is 0.150. The summed E-state index contributed by atoms with van der Waals surface area (Å²) in [5.41, 5.74) is 16.5. The molecule has 0 bridgehead atoms. The molecule has 0 radical (unpaired) electrons. The lowest BCUT2D eigenvalue weighted by Crippen LogP contribution is -2.20. The molecule has 3 nitrogen and oxygen atoms in total. The zero-order chi connectivity index (χ0) is 31.5. The molecule has 0 atom stereocenters. The lowest BCUT2D eigenvalue weighted by atomic mass is 9.73. The van der Waals surface area contributed by atoms with E-state index in [0.717, 1.165) is 29.5 Å². The third kappa shape index (κ3) is 4.45. The van der Waals surface area contributed by atoms with Gasteiger partial charge in [0.2, 0.25) is 0 Å². The van der Waals surface area contributed by atoms with Gasteiger partial charge in [-0.2, -0.15) is 0 Å². The van der Waals surface area contributed by atoms with Gasteiger partial charge in [-0.1, -0.05) is 147 Å². The van der Waals surface area contributed by atoms with Crippen LogP contribution in [0.5, 0.6) is 0 Å². The predicted molar refractivity (Wildman–Crippen MR) is 192 cm³/mol. The molecule has 224 valence electrons. The molecule has 0 aliphatic heterocycles. The third-order valence-electron chi connectivity index (χ3n) is 10.0. The molecule has 9 rings (SSSR count). The predicted octanol–water partition coefficient (Wildman–Crippen LogP) is 10.6. The first kappa shape index (κ1) is 27.6. The smallest absolute Gasteiger partial charge is 0.164 e. The maximum Gasteiger partial charge on any atom is 0.164 e. The second-order valence-electron chi connectivity index (χ2n) is 13.1. The second-order valence-corrected chi connectivity index (χ2v) is 13.1. The molecule has 0 saturated carbocycles. The van der Waals surface area contributed by atoms with E-state index in [4.69, 9.17) is 15.0 Å². The third-order valence-corrected chi connectivity index (χ3v) is 10.0. The summed E-state index contributed by atoms with van der Waals surface area (Å²) in [5, 5.41) is 0. The van der Waals surface area contributed by atoms with E-state index in [1.54, 1.807) is 0 Å². The van der Waals surface area contributed by atoms with E-state index in [1.165, 1.54) is 55.6 Å². The zero-order valence-electron chi connectivity index (χ0n) is 26.5. The van der Waals surface area contributed by atoms with Gasteiger partial charge in [0.1, 0.15) is 0 Å². The molecule has 0 N–H and O–H groups in total. The first-order chi connectivity index (χ1) is 23.1. The van der Waals surface area contributed by atoms with Crippen LogP contribution in [0.2, 0.25) is 0 Å². The van der Waals surface area contributed by atoms with Crippen molar-refractivity contribution in [1.29, 1.82) is 0 Å². The monoisotopic (exact) mass is 603 g/mol. The van der Waals surface area contributed by atoms with E-state index in [2.05, 4.69) is 117 Å². The van der Waals surface area contributed by atoms with Gasteiger partial charge < -0.3 is 0 Å². The lowest BCUT2D eigenvalue weighted by molar-refractivity contribution is 0.650. The molecular formula is C44H33N3. The standard InChI is InChI=1S/C44H33N3/c1-44(2)39-34(21-12-22-36(39)38-26-25-35-33-20-10-9-13-28(33)23-24-37(35)40(38)44)31-18-11-19-32(27-31)43-46-41(29-14-5-3-6-15-29)45-42(47-43)30-16-7-4-8-17-30/h3-22,25-27H,23-24H2,1-2H3. The fraction of sp³-hybridized carbons (Fsp3) is 0.114. The molecule has 0 saturated heterocycles. The Bertz CT molecular complexity index is 2260. The molecule has 2 aliphatic rings. The fourth-order valence-corrected chi connectivity index (χ4v) is 7.94. The van der Waals surface area contributed by atoms with Crippen molar-refractivity contribution in [1.82, 2.24) is 15.0 Å². The van der Waals surface area contributed by atoms with Gasteiger partial charge in [-0.15, -0.1) is 0 Å². The van der Waals surface area contributed by atoms with Crippen molar-refractivity contribution in [3.63, 3.8) is 0 Å². The van der Waals surface area contributed by atoms with Gasteiger partial charge in [0, 0.05) is 22.1 Å². The first-order valence-corrected chi connectivity index (χ1v) is 16.4. The van der Waals surface area contributed by atoms with Crippen LogP contribution >= 0.6 is 0 Å². The minimum atomic E-state index is -0.150. The summed E-state index contributed by atoms with van der Waals surface area (Å²) in [4.78, 5) is 14.9. The number of hydrogen-bond acceptors (Lipinski definition) is 3. The van der Waals surface area contributed by atoms with Crippen molar-refractivity contribution in [2.45, 2.75) is 32.1 Å². The zero-order valence-corrected chi connectivity index (χ0v) is 26.5. The molecule has 0 unspecified atom stereocenters. The Morgan fingerprint density at radius 1 is 0.404 bits per heavy atom. The second kappa shape index (κ2) is 10.7. The van der Waals surface area contributed by atoms with Crippen LogP contribution in [0.3, 0.4) is 0 Å². The number of rotatable bonds is 4. The highest BCUT2D eigenvalue weighted by Gasteiger charge is 2.40. The Labute approximate surface area is 275 Å². The number of aromatic nitrogens is 3. The van der Waals surface area contributed by atoms with Crippen molar-refractivity contribution >= 4 is 0 Å². The van der Waals surface area contributed by atoms with E-state index in [9.17, 15) is 0 Å². The number of benzene rings is 6. The van der Waals surface area contributed by atoms with E-state index in [-0.39, 0.29) is 5.41 Å². The number of fused-ring (bicyclic) bond motifs is 7. The number of nitrogens with zero attached hydrogens (tertiary/aromatic N) is 3. The molecule has 47 heavy (non-hydrogen) atoms. The highest BCUT2D eigenvalue weighted by Crippen LogP contribution is 2.55. The van der Waals surface area contributed by atoms with Crippen LogP contribution in [0.4, 0.5) is 0 Å². The molecule has 1 aromatic heterocycles. The fourth-order valence-electron chi connectivity index (χ4n) is 7.94. The van der Waals surface area contributed by atoms with Gasteiger partial charge in [0.15, 0.2) is 17.5 Å². The molecular weight excluding hydrogens is 571 g/mol. The molecule has 6 aromatic carbocycles. The Hall–Kier alpha value is -5.67. The largest absolute Gasteiger partial charge is 0.208 e. The van der Waals surface area contributed by atoms with E-state index < -0.39 is 0 Å². The van der Waals surface area contributed by atoms with Gasteiger partial charge in [0.05, 0.1) is 0 Å². The molecule has 1 heterocycles. The minimum Gasteiger partial charge on any atom is -0.208 e. The summed E-state index contributed by atoms with van der Waals surface area (Å²) < 4.78 is 0. The molecule has 3 heteroatoms. The lowest BCUT2D eigenvalue weighted by Gasteiger charge is -2.30. The SMILES string of the molecule is CC1(C)c2c(-c3cccc(-c4nc(-c5ccccc5)nc(-c5ccccc5)n4)c3)cccc2-c2ccc3c(c21)CCc1ccccc1-3. The van der Waals surface area contributed by atoms with Crippen molar-refractivity contribution in [3.8, 4) is 67.5 Å². The van der Waals surface area contributed by atoms with Crippen molar-refractivity contribution in [2.24, 2.45) is 0 Å². The van der Waals surface area contributed by atoms with Crippen LogP contribution in [-0.4, -0.2) is 15.0 Å². The maximum absolute atomic E-state index is 5.01. The van der Waals surface area contributed by atoms with Crippen LogP contribution < -0.4 is 0 Å². The molecule has 2 aliphatic carbocycles. The number of hydrogen-bond donors (Lipinski definition) is 0. The summed E-state index contributed by atoms with van der Waals surface area (Å²) in [5.74, 6) is 2.01. The van der Waals surface area contributed by atoms with Gasteiger partial charge in [0.25, 0.3) is 0 Å². The topological polar surface area (TPSA) is 38.7 Å². The molecule has 0 spiro atoms. The van der Waals surface area contributed by atoms with E-state index in [0.29, 0.717) is 17.5 Å². The Morgan fingerprint density at radius 2 is 0.915 bits per heavy atom. The van der Waals surface area contributed by atoms with Crippen molar-refractivity contribution in [2.75, 3.05) is 0 Å². The van der Waals surface area contributed by atoms with Crippen LogP contribution in [-0.2, 0) is 18.3 Å². The van der Waals surface area contributed by atoms with Gasteiger partial charge in [-0.25, -0.2) is 15.0 Å². The Morgan fingerprint density at radius 3 is 1.64 bits per heavy atom. The quantitative estimate of drug-likeness (QED) is 0.201. The van der Waals surface area contributed by atoms with E-state index in [1.807, 2.05) is 36.4 Å². The summed E-state index contributed by atoms with van der Waals surface area (Å²) in [6, 6.07) is 49.5. The van der Waals surface area contributed by atoms with Crippen molar-refractivity contribution < 1.29 is 0 Å². The Kier molecular flexibility index (Phi) is 6.29. The summed E-state index contributed by atoms with van der Waals surface area (Å²) in [6.45, 7) is 4.83. The first-order valence-electron chi connectivity index (χ1n) is 16.4. The van der Waals surface area contributed by atoms with Gasteiger partial charge in [-0.05, 0) is 74.5 Å². The Balaban J connectivity index is 1.18. The highest BCUT2D eigenvalue weighted by molar-refractivity contribution is 5.92. The van der Waals surface area contributed by atoms with Crippen LogP contribution in [0.25, 0.3) is 67.5 Å². The number of aryl methyl sites for hydroxylation is 1. The molecule has 0 fully saturated rings. The highest BCUT2D eigenvalue weighted by atomic mass is 15.0. The van der Waals surface area contributed by atoms with Gasteiger partial charge >= 0.3 is 0 Å². The van der Waals surface area contributed by atoms with Crippen LogP contribution in [0.1, 0.15) is 36.1 Å². The van der Waals surface area contributed by atoms with Crippen LogP contribution in [0, 0.1) is 0 Å². The maximum atomic E-state index is 5.01. The normalized spacial score (nSPS) is 13.7. The summed E-state index contributed by atoms with van der Waals surface area (Å²) in [7, 11) is 0. The van der Waals surface area contributed by atoms with E-state index >= 15 is 0 Å². The summed E-state index contributed by atoms with van der Waals surface area (Å²) in [6.07, 6.45) is 2.16. The molecule has 0 amide bonds. The van der Waals surface area contributed by atoms with Crippen LogP contribution in [0.15, 0.2) is 140 Å². The average Bonchev–Trinajstić information content (AvgIpc) is 3.38. The average molecular weight is 604 g/mol.